The van der Waals surface area contributed by atoms with Crippen molar-refractivity contribution in [2.45, 2.75) is 32.7 Å². The smallest absolute Gasteiger partial charge is 0.279 e. The minimum absolute atomic E-state index is 0.0991. The van der Waals surface area contributed by atoms with Crippen molar-refractivity contribution in [2.75, 3.05) is 31.6 Å². The molecule has 2 aliphatic heterocycles. The fourth-order valence-corrected chi connectivity index (χ4v) is 4.77. The Labute approximate surface area is 153 Å². The molecule has 0 spiro atoms. The Morgan fingerprint density at radius 2 is 2.19 bits per heavy atom. The van der Waals surface area contributed by atoms with E-state index in [4.69, 9.17) is 4.74 Å². The summed E-state index contributed by atoms with van der Waals surface area (Å²) in [5.41, 5.74) is 0.0904. The number of aryl methyl sites for hydroxylation is 1. The van der Waals surface area contributed by atoms with Crippen molar-refractivity contribution in [3.8, 4) is 0 Å². The first kappa shape index (κ1) is 19.2. The van der Waals surface area contributed by atoms with Crippen molar-refractivity contribution < 1.29 is 22.3 Å². The van der Waals surface area contributed by atoms with Gasteiger partial charge < -0.3 is 10.1 Å². The van der Waals surface area contributed by atoms with Crippen LogP contribution in [0.2, 0.25) is 0 Å². The van der Waals surface area contributed by atoms with E-state index in [-0.39, 0.29) is 30.9 Å². The maximum Gasteiger partial charge on any atom is 0.279 e. The van der Waals surface area contributed by atoms with Crippen molar-refractivity contribution in [1.82, 2.24) is 9.03 Å². The topological polar surface area (TPSA) is 87.7 Å². The fourth-order valence-electron chi connectivity index (χ4n) is 3.23. The number of nitrogens with one attached hydrogen (secondary N) is 2. The zero-order valence-corrected chi connectivity index (χ0v) is 15.7. The molecule has 0 radical (unpaired) electrons. The van der Waals surface area contributed by atoms with E-state index in [1.165, 1.54) is 16.4 Å². The van der Waals surface area contributed by atoms with Crippen LogP contribution in [-0.2, 0) is 19.7 Å². The van der Waals surface area contributed by atoms with E-state index in [0.29, 0.717) is 37.3 Å². The Morgan fingerprint density at radius 3 is 2.85 bits per heavy atom. The van der Waals surface area contributed by atoms with E-state index in [1.807, 2.05) is 0 Å². The Balaban J connectivity index is 1.65. The lowest BCUT2D eigenvalue weighted by Gasteiger charge is -2.24. The lowest BCUT2D eigenvalue weighted by atomic mass is 9.88. The van der Waals surface area contributed by atoms with E-state index in [2.05, 4.69) is 10.0 Å². The molecule has 144 valence electrons. The molecule has 0 saturated carbocycles. The minimum atomic E-state index is -3.66. The van der Waals surface area contributed by atoms with Crippen LogP contribution in [0, 0.1) is 18.2 Å². The molecule has 0 aliphatic carbocycles. The monoisotopic (exact) mass is 385 g/mol. The summed E-state index contributed by atoms with van der Waals surface area (Å²) in [6.07, 6.45) is 1.07. The first-order chi connectivity index (χ1) is 12.2. The van der Waals surface area contributed by atoms with Crippen LogP contribution in [0.4, 0.5) is 10.1 Å². The van der Waals surface area contributed by atoms with Crippen LogP contribution in [0.1, 0.15) is 25.3 Å². The summed E-state index contributed by atoms with van der Waals surface area (Å²) in [6.45, 7) is 4.65. The molecule has 2 fully saturated rings. The maximum absolute atomic E-state index is 13.4. The molecule has 7 nitrogen and oxygen atoms in total. The van der Waals surface area contributed by atoms with E-state index in [1.54, 1.807) is 19.9 Å². The second-order valence-electron chi connectivity index (χ2n) is 7.25. The second-order valence-corrected chi connectivity index (χ2v) is 8.95. The number of halogens is 1. The zero-order chi connectivity index (χ0) is 18.9. The minimum Gasteiger partial charge on any atom is -0.380 e. The molecule has 3 rings (SSSR count). The molecule has 1 aromatic carbocycles. The molecule has 2 atom stereocenters. The Morgan fingerprint density at radius 1 is 1.42 bits per heavy atom. The van der Waals surface area contributed by atoms with Crippen LogP contribution < -0.4 is 10.0 Å². The van der Waals surface area contributed by atoms with Crippen molar-refractivity contribution in [3.63, 3.8) is 0 Å². The predicted molar refractivity (Wildman–Crippen MR) is 95.3 cm³/mol. The third-order valence-electron chi connectivity index (χ3n) is 4.99. The van der Waals surface area contributed by atoms with Crippen LogP contribution in [0.5, 0.6) is 0 Å². The highest BCUT2D eigenvalue weighted by molar-refractivity contribution is 7.87. The SMILES string of the molecule is Cc1cc(NC(=O)C2(C)CCN(S(=O)(=O)NC3CCOC3)C2)ccc1F. The van der Waals surface area contributed by atoms with Gasteiger partial charge in [-0.3, -0.25) is 4.79 Å². The van der Waals surface area contributed by atoms with Crippen LogP contribution in [-0.4, -0.2) is 51.0 Å². The number of carbonyl (C=O) groups is 1. The van der Waals surface area contributed by atoms with Crippen LogP contribution in [0.3, 0.4) is 0 Å². The number of nitrogens with zero attached hydrogens (tertiary/aromatic N) is 1. The molecule has 2 aliphatic rings. The number of rotatable bonds is 5. The molecule has 0 aromatic heterocycles. The molecule has 2 N–H and O–H groups in total. The average Bonchev–Trinajstić information content (AvgIpc) is 3.21. The summed E-state index contributed by atoms with van der Waals surface area (Å²) in [6, 6.07) is 4.13. The Hall–Kier alpha value is -1.55. The average molecular weight is 385 g/mol. The highest BCUT2D eigenvalue weighted by Gasteiger charge is 2.45. The quantitative estimate of drug-likeness (QED) is 0.802. The standard InChI is InChI=1S/C17H24FN3O4S/c1-12-9-13(3-4-15(12)18)19-16(22)17(2)6-7-21(11-17)26(23,24)20-14-5-8-25-10-14/h3-4,9,14,20H,5-8,10-11H2,1-2H3,(H,19,22). The number of ether oxygens (including phenoxy) is 1. The lowest BCUT2D eigenvalue weighted by Crippen LogP contribution is -2.46. The first-order valence-corrected chi connectivity index (χ1v) is 10.1. The highest BCUT2D eigenvalue weighted by atomic mass is 32.2. The molecular weight excluding hydrogens is 361 g/mol. The van der Waals surface area contributed by atoms with Gasteiger partial charge >= 0.3 is 0 Å². The van der Waals surface area contributed by atoms with Crippen LogP contribution in [0.15, 0.2) is 18.2 Å². The summed E-state index contributed by atoms with van der Waals surface area (Å²) in [5.74, 6) is -0.611. The van der Waals surface area contributed by atoms with E-state index in [9.17, 15) is 17.6 Å². The largest absolute Gasteiger partial charge is 0.380 e. The predicted octanol–water partition coefficient (Wildman–Crippen LogP) is 1.41. The van der Waals surface area contributed by atoms with Gasteiger partial charge in [-0.2, -0.15) is 17.4 Å². The third-order valence-corrected chi connectivity index (χ3v) is 6.61. The van der Waals surface area contributed by atoms with Gasteiger partial charge in [0.1, 0.15) is 5.82 Å². The van der Waals surface area contributed by atoms with Crippen molar-refractivity contribution >= 4 is 21.8 Å². The van der Waals surface area contributed by atoms with Crippen LogP contribution >= 0.6 is 0 Å². The molecule has 2 unspecified atom stereocenters. The second kappa shape index (κ2) is 7.22. The third kappa shape index (κ3) is 4.06. The molecular formula is C17H24FN3O4S. The zero-order valence-electron chi connectivity index (χ0n) is 14.9. The van der Waals surface area contributed by atoms with E-state index < -0.39 is 15.6 Å². The maximum atomic E-state index is 13.4. The fraction of sp³-hybridized carbons (Fsp3) is 0.588. The van der Waals surface area contributed by atoms with Crippen LogP contribution in [0.25, 0.3) is 0 Å². The molecule has 26 heavy (non-hydrogen) atoms. The normalized spacial score (nSPS) is 27.0. The number of benzene rings is 1. The van der Waals surface area contributed by atoms with Gasteiger partial charge in [0.05, 0.1) is 12.0 Å². The van der Waals surface area contributed by atoms with Crippen molar-refractivity contribution in [1.29, 1.82) is 0 Å². The molecule has 1 amide bonds. The lowest BCUT2D eigenvalue weighted by molar-refractivity contribution is -0.124. The number of amides is 1. The van der Waals surface area contributed by atoms with Gasteiger partial charge in [-0.15, -0.1) is 0 Å². The summed E-state index contributed by atoms with van der Waals surface area (Å²) >= 11 is 0. The number of carbonyl (C=O) groups excluding carboxylic acids is 1. The summed E-state index contributed by atoms with van der Waals surface area (Å²) in [4.78, 5) is 12.7. The van der Waals surface area contributed by atoms with Gasteiger partial charge in [-0.05, 0) is 50.5 Å². The van der Waals surface area contributed by atoms with E-state index >= 15 is 0 Å². The number of anilines is 1. The molecule has 1 aromatic rings. The van der Waals surface area contributed by atoms with Gasteiger partial charge in [-0.1, -0.05) is 0 Å². The van der Waals surface area contributed by atoms with Gasteiger partial charge in [0.2, 0.25) is 5.91 Å². The van der Waals surface area contributed by atoms with Gasteiger partial charge in [-0.25, -0.2) is 4.39 Å². The Bertz CT molecular complexity index is 795. The number of hydrogen-bond acceptors (Lipinski definition) is 4. The van der Waals surface area contributed by atoms with E-state index in [0.717, 1.165) is 0 Å². The highest BCUT2D eigenvalue weighted by Crippen LogP contribution is 2.33. The summed E-state index contributed by atoms with van der Waals surface area (Å²) in [7, 11) is -3.66. The summed E-state index contributed by atoms with van der Waals surface area (Å²) in [5, 5.41) is 2.77. The Kier molecular flexibility index (Phi) is 5.34. The van der Waals surface area contributed by atoms with Crippen molar-refractivity contribution in [2.24, 2.45) is 5.41 Å². The number of hydrogen-bond donors (Lipinski definition) is 2. The van der Waals surface area contributed by atoms with Gasteiger partial charge in [0.25, 0.3) is 10.2 Å². The molecule has 0 bridgehead atoms. The molecule has 2 heterocycles. The molecule has 2 saturated heterocycles. The van der Waals surface area contributed by atoms with Crippen molar-refractivity contribution in [3.05, 3.63) is 29.6 Å². The summed E-state index contributed by atoms with van der Waals surface area (Å²) < 4.78 is 47.5. The first-order valence-electron chi connectivity index (χ1n) is 8.62. The van der Waals surface area contributed by atoms with Gasteiger partial charge in [0.15, 0.2) is 0 Å². The molecule has 9 heteroatoms. The van der Waals surface area contributed by atoms with Gasteiger partial charge in [0, 0.05) is 31.4 Å².